The van der Waals surface area contributed by atoms with Crippen LogP contribution in [0.25, 0.3) is 11.0 Å². The Morgan fingerprint density at radius 1 is 1.28 bits per heavy atom. The SMILES string of the molecule is COc1ccc2oc(C(=O)NCCC[NH+]3CC[NH+](C)CC3)c(C)c2c1. The zero-order chi connectivity index (χ0) is 17.8. The minimum atomic E-state index is -0.134. The van der Waals surface area contributed by atoms with Crippen LogP contribution < -0.4 is 19.9 Å². The highest BCUT2D eigenvalue weighted by atomic mass is 16.5. The lowest BCUT2D eigenvalue weighted by Gasteiger charge is -2.27. The lowest BCUT2D eigenvalue weighted by atomic mass is 10.1. The second-order valence-corrected chi connectivity index (χ2v) is 6.98. The molecule has 6 nitrogen and oxygen atoms in total. The maximum Gasteiger partial charge on any atom is 0.287 e. The van der Waals surface area contributed by atoms with Crippen molar-refractivity contribution in [3.05, 3.63) is 29.5 Å². The number of quaternary nitrogens is 2. The second-order valence-electron chi connectivity index (χ2n) is 6.98. The number of benzene rings is 1. The molecule has 1 saturated heterocycles. The Hall–Kier alpha value is -2.05. The van der Waals surface area contributed by atoms with Crippen LogP contribution in [-0.2, 0) is 0 Å². The van der Waals surface area contributed by atoms with E-state index < -0.39 is 0 Å². The van der Waals surface area contributed by atoms with Gasteiger partial charge in [-0.05, 0) is 25.1 Å². The van der Waals surface area contributed by atoms with Crippen molar-refractivity contribution in [2.45, 2.75) is 13.3 Å². The topological polar surface area (TPSA) is 60.3 Å². The van der Waals surface area contributed by atoms with E-state index in [2.05, 4.69) is 12.4 Å². The van der Waals surface area contributed by atoms with Crippen molar-refractivity contribution < 1.29 is 23.7 Å². The number of aryl methyl sites for hydroxylation is 1. The van der Waals surface area contributed by atoms with Crippen molar-refractivity contribution in [3.63, 3.8) is 0 Å². The van der Waals surface area contributed by atoms with Crippen LogP contribution in [0.5, 0.6) is 5.75 Å². The minimum Gasteiger partial charge on any atom is -0.497 e. The van der Waals surface area contributed by atoms with Crippen LogP contribution in [0, 0.1) is 6.92 Å². The molecule has 3 N–H and O–H groups in total. The summed E-state index contributed by atoms with van der Waals surface area (Å²) in [6, 6.07) is 5.59. The number of hydrogen-bond donors (Lipinski definition) is 3. The summed E-state index contributed by atoms with van der Waals surface area (Å²) in [7, 11) is 3.89. The summed E-state index contributed by atoms with van der Waals surface area (Å²) < 4.78 is 11.0. The molecule has 1 aliphatic rings. The largest absolute Gasteiger partial charge is 0.497 e. The summed E-state index contributed by atoms with van der Waals surface area (Å²) in [5.74, 6) is 1.03. The van der Waals surface area contributed by atoms with Crippen LogP contribution in [-0.4, -0.2) is 59.3 Å². The summed E-state index contributed by atoms with van der Waals surface area (Å²) in [5, 5.41) is 3.92. The summed E-state index contributed by atoms with van der Waals surface area (Å²) in [6.07, 6.45) is 0.993. The van der Waals surface area contributed by atoms with Crippen LogP contribution in [0.15, 0.2) is 22.6 Å². The Kier molecular flexibility index (Phi) is 5.60. The predicted octanol–water partition coefficient (Wildman–Crippen LogP) is -0.717. The molecule has 2 aromatic rings. The van der Waals surface area contributed by atoms with E-state index in [1.165, 1.54) is 26.2 Å². The third kappa shape index (κ3) is 4.14. The lowest BCUT2D eigenvalue weighted by Crippen LogP contribution is -3.27. The van der Waals surface area contributed by atoms with Gasteiger partial charge >= 0.3 is 0 Å². The van der Waals surface area contributed by atoms with Crippen LogP contribution in [0.3, 0.4) is 0 Å². The maximum atomic E-state index is 12.4. The molecule has 0 saturated carbocycles. The number of rotatable bonds is 6. The first-order valence-electron chi connectivity index (χ1n) is 9.08. The van der Waals surface area contributed by atoms with Gasteiger partial charge in [-0.2, -0.15) is 0 Å². The summed E-state index contributed by atoms with van der Waals surface area (Å²) in [5.41, 5.74) is 1.58. The normalized spacial score (nSPS) is 20.6. The molecule has 0 radical (unpaired) electrons. The summed E-state index contributed by atoms with van der Waals surface area (Å²) in [6.45, 7) is 8.65. The number of hydrogen-bond acceptors (Lipinski definition) is 3. The molecule has 0 aliphatic carbocycles. The molecule has 1 amide bonds. The molecule has 0 spiro atoms. The van der Waals surface area contributed by atoms with Crippen LogP contribution in [0.1, 0.15) is 22.5 Å². The Bertz CT molecular complexity index is 733. The van der Waals surface area contributed by atoms with E-state index in [9.17, 15) is 4.79 Å². The Morgan fingerprint density at radius 2 is 2.04 bits per heavy atom. The highest BCUT2D eigenvalue weighted by molar-refractivity contribution is 5.99. The van der Waals surface area contributed by atoms with Gasteiger partial charge in [-0.25, -0.2) is 0 Å². The molecule has 6 heteroatoms. The Labute approximate surface area is 148 Å². The number of likely N-dealkylation sites (N-methyl/N-ethyl adjacent to an activating group) is 1. The molecule has 0 unspecified atom stereocenters. The van der Waals surface area contributed by atoms with Crippen molar-refractivity contribution in [3.8, 4) is 5.75 Å². The van der Waals surface area contributed by atoms with Gasteiger partial charge in [0, 0.05) is 23.9 Å². The lowest BCUT2D eigenvalue weighted by molar-refractivity contribution is -1.00. The molecule has 2 heterocycles. The smallest absolute Gasteiger partial charge is 0.287 e. The van der Waals surface area contributed by atoms with Gasteiger partial charge in [0.2, 0.25) is 0 Å². The van der Waals surface area contributed by atoms with Crippen LogP contribution >= 0.6 is 0 Å². The zero-order valence-corrected chi connectivity index (χ0v) is 15.4. The molecule has 1 fully saturated rings. The Morgan fingerprint density at radius 3 is 2.76 bits per heavy atom. The zero-order valence-electron chi connectivity index (χ0n) is 15.4. The number of carbonyl (C=O) groups excluding carboxylic acids is 1. The van der Waals surface area contributed by atoms with E-state index in [0.717, 1.165) is 29.7 Å². The van der Waals surface area contributed by atoms with E-state index in [1.807, 2.05) is 25.1 Å². The predicted molar refractivity (Wildman–Crippen MR) is 96.6 cm³/mol. The van der Waals surface area contributed by atoms with Gasteiger partial charge in [0.1, 0.15) is 37.5 Å². The first-order valence-corrected chi connectivity index (χ1v) is 9.08. The number of fused-ring (bicyclic) bond motifs is 1. The van der Waals surface area contributed by atoms with E-state index >= 15 is 0 Å². The average molecular weight is 347 g/mol. The molecule has 0 bridgehead atoms. The van der Waals surface area contributed by atoms with Crippen LogP contribution in [0.4, 0.5) is 0 Å². The molecule has 1 aliphatic heterocycles. The van der Waals surface area contributed by atoms with Gasteiger partial charge < -0.3 is 24.3 Å². The van der Waals surface area contributed by atoms with Crippen molar-refractivity contribution >= 4 is 16.9 Å². The molecule has 136 valence electrons. The fourth-order valence-corrected chi connectivity index (χ4v) is 3.44. The van der Waals surface area contributed by atoms with Gasteiger partial charge in [-0.1, -0.05) is 0 Å². The monoisotopic (exact) mass is 347 g/mol. The second kappa shape index (κ2) is 7.89. The van der Waals surface area contributed by atoms with Crippen molar-refractivity contribution in [2.75, 3.05) is 53.4 Å². The fraction of sp³-hybridized carbons (Fsp3) is 0.526. The van der Waals surface area contributed by atoms with E-state index in [4.69, 9.17) is 9.15 Å². The summed E-state index contributed by atoms with van der Waals surface area (Å²) >= 11 is 0. The van der Waals surface area contributed by atoms with Gasteiger partial charge in [0.25, 0.3) is 5.91 Å². The number of carbonyl (C=O) groups is 1. The quantitative estimate of drug-likeness (QED) is 0.605. The third-order valence-corrected chi connectivity index (χ3v) is 5.15. The van der Waals surface area contributed by atoms with Crippen molar-refractivity contribution in [2.24, 2.45) is 0 Å². The van der Waals surface area contributed by atoms with Gasteiger partial charge in [0.15, 0.2) is 5.76 Å². The molecule has 3 rings (SSSR count). The average Bonchev–Trinajstić information content (AvgIpc) is 2.96. The van der Waals surface area contributed by atoms with E-state index in [1.54, 1.807) is 16.9 Å². The molecule has 25 heavy (non-hydrogen) atoms. The van der Waals surface area contributed by atoms with E-state index in [0.29, 0.717) is 17.9 Å². The molecule has 1 aromatic heterocycles. The number of piperazine rings is 1. The third-order valence-electron chi connectivity index (χ3n) is 5.15. The van der Waals surface area contributed by atoms with Crippen LogP contribution in [0.2, 0.25) is 0 Å². The molecular weight excluding hydrogens is 318 g/mol. The van der Waals surface area contributed by atoms with E-state index in [-0.39, 0.29) is 5.91 Å². The minimum absolute atomic E-state index is 0.134. The van der Waals surface area contributed by atoms with Crippen molar-refractivity contribution in [1.82, 2.24) is 5.32 Å². The van der Waals surface area contributed by atoms with Gasteiger partial charge in [-0.15, -0.1) is 0 Å². The molecule has 1 aromatic carbocycles. The number of ether oxygens (including phenoxy) is 1. The molecule has 0 atom stereocenters. The highest BCUT2D eigenvalue weighted by Gasteiger charge is 2.20. The number of methoxy groups -OCH3 is 1. The Balaban J connectivity index is 1.53. The molecular formula is C19H29N3O3+2. The maximum absolute atomic E-state index is 12.4. The first kappa shape index (κ1) is 17.8. The van der Waals surface area contributed by atoms with Gasteiger partial charge in [0.05, 0.1) is 20.7 Å². The summed E-state index contributed by atoms with van der Waals surface area (Å²) in [4.78, 5) is 15.7. The first-order chi connectivity index (χ1) is 12.1. The fourth-order valence-electron chi connectivity index (χ4n) is 3.44. The van der Waals surface area contributed by atoms with Gasteiger partial charge in [-0.3, -0.25) is 4.79 Å². The number of nitrogens with one attached hydrogen (secondary N) is 3. The standard InChI is InChI=1S/C19H27N3O3/c1-14-16-13-15(24-3)5-6-17(16)25-18(14)19(23)20-7-4-8-22-11-9-21(2)10-12-22/h5-6,13H,4,7-12H2,1-3H3,(H,20,23)/p+2. The van der Waals surface area contributed by atoms with Crippen molar-refractivity contribution in [1.29, 1.82) is 0 Å². The highest BCUT2D eigenvalue weighted by Crippen LogP contribution is 2.28. The number of furan rings is 1. The number of amides is 1.